The van der Waals surface area contributed by atoms with E-state index in [1.54, 1.807) is 0 Å². The number of nitrogens with two attached hydrogens (primary N) is 1. The molecule has 0 unspecified atom stereocenters. The molecule has 6 nitrogen and oxygen atoms in total. The maximum Gasteiger partial charge on any atom is 0.262 e. The molecule has 0 bridgehead atoms. The van der Waals surface area contributed by atoms with E-state index >= 15 is 0 Å². The van der Waals surface area contributed by atoms with Crippen molar-refractivity contribution in [1.29, 1.82) is 0 Å². The number of hydrogen-bond donors (Lipinski definition) is 2. The third kappa shape index (κ3) is 2.90. The van der Waals surface area contributed by atoms with E-state index in [0.29, 0.717) is 17.1 Å². The van der Waals surface area contributed by atoms with Crippen LogP contribution in [-0.2, 0) is 4.79 Å². The van der Waals surface area contributed by atoms with Crippen LogP contribution in [0.25, 0.3) is 0 Å². The molecular weight excluding hydrogens is 268 g/mol. The maximum atomic E-state index is 11.4. The molecule has 0 atom stereocenters. The molecule has 6 heteroatoms. The molecular formula is C15H22N4O2. The van der Waals surface area contributed by atoms with Gasteiger partial charge in [-0.25, -0.2) is 0 Å². The molecule has 2 aliphatic heterocycles. The summed E-state index contributed by atoms with van der Waals surface area (Å²) in [5.41, 5.74) is 8.55. The Labute approximate surface area is 124 Å². The number of nitrogens with zero attached hydrogens (tertiary/aromatic N) is 2. The summed E-state index contributed by atoms with van der Waals surface area (Å²) in [6.45, 7) is 7.42. The van der Waals surface area contributed by atoms with Crippen molar-refractivity contribution in [2.24, 2.45) is 0 Å². The van der Waals surface area contributed by atoms with Crippen LogP contribution in [0.3, 0.4) is 0 Å². The Morgan fingerprint density at radius 1 is 1.29 bits per heavy atom. The number of benzene rings is 1. The molecule has 0 spiro atoms. The first-order chi connectivity index (χ1) is 10.2. The van der Waals surface area contributed by atoms with E-state index in [0.717, 1.165) is 38.4 Å². The molecule has 0 saturated carbocycles. The summed E-state index contributed by atoms with van der Waals surface area (Å²) in [4.78, 5) is 16.2. The molecule has 114 valence electrons. The molecule has 3 N–H and O–H groups in total. The molecule has 1 aromatic carbocycles. The Balaban J connectivity index is 1.77. The van der Waals surface area contributed by atoms with Gasteiger partial charge in [0, 0.05) is 32.2 Å². The lowest BCUT2D eigenvalue weighted by Gasteiger charge is -2.37. The molecule has 1 saturated heterocycles. The quantitative estimate of drug-likeness (QED) is 0.817. The highest BCUT2D eigenvalue weighted by Crippen LogP contribution is 2.37. The average Bonchev–Trinajstić information content (AvgIpc) is 2.48. The van der Waals surface area contributed by atoms with Gasteiger partial charge < -0.3 is 20.7 Å². The van der Waals surface area contributed by atoms with Crippen LogP contribution in [0.1, 0.15) is 13.3 Å². The number of nitrogens with one attached hydrogen (secondary N) is 1. The molecule has 2 heterocycles. The summed E-state index contributed by atoms with van der Waals surface area (Å²) in [5, 5.41) is 2.84. The van der Waals surface area contributed by atoms with Gasteiger partial charge in [-0.1, -0.05) is 6.92 Å². The number of carbonyl (C=O) groups excluding carboxylic acids is 1. The number of amides is 1. The number of hydrogen-bond acceptors (Lipinski definition) is 5. The number of ether oxygens (including phenoxy) is 1. The van der Waals surface area contributed by atoms with E-state index in [9.17, 15) is 4.79 Å². The van der Waals surface area contributed by atoms with Gasteiger partial charge in [0.25, 0.3) is 5.91 Å². The lowest BCUT2D eigenvalue weighted by atomic mass is 10.1. The average molecular weight is 290 g/mol. The number of anilines is 3. The summed E-state index contributed by atoms with van der Waals surface area (Å²) in [6, 6.07) is 3.74. The molecule has 0 radical (unpaired) electrons. The van der Waals surface area contributed by atoms with Crippen molar-refractivity contribution >= 4 is 23.0 Å². The van der Waals surface area contributed by atoms with Gasteiger partial charge in [0.1, 0.15) is 5.75 Å². The predicted octanol–water partition coefficient (Wildman–Crippen LogP) is 1.13. The second-order valence-electron chi connectivity index (χ2n) is 5.57. The van der Waals surface area contributed by atoms with E-state index < -0.39 is 0 Å². The summed E-state index contributed by atoms with van der Waals surface area (Å²) >= 11 is 0. The largest absolute Gasteiger partial charge is 0.482 e. The lowest BCUT2D eigenvalue weighted by Crippen LogP contribution is -2.46. The Bertz CT molecular complexity index is 539. The number of fused-ring (bicyclic) bond motifs is 1. The molecule has 0 aliphatic carbocycles. The first kappa shape index (κ1) is 14.0. The minimum Gasteiger partial charge on any atom is -0.482 e. The van der Waals surface area contributed by atoms with Gasteiger partial charge >= 0.3 is 0 Å². The van der Waals surface area contributed by atoms with Crippen LogP contribution in [0.5, 0.6) is 5.75 Å². The van der Waals surface area contributed by atoms with Crippen LogP contribution in [0.15, 0.2) is 12.1 Å². The minimum absolute atomic E-state index is 0.0570. The third-order valence-corrected chi connectivity index (χ3v) is 4.01. The predicted molar refractivity (Wildman–Crippen MR) is 83.9 cm³/mol. The van der Waals surface area contributed by atoms with Crippen molar-refractivity contribution in [3.63, 3.8) is 0 Å². The van der Waals surface area contributed by atoms with Crippen LogP contribution in [0, 0.1) is 0 Å². The van der Waals surface area contributed by atoms with Crippen LogP contribution in [0.2, 0.25) is 0 Å². The Hall–Kier alpha value is -1.95. The van der Waals surface area contributed by atoms with Gasteiger partial charge in [-0.05, 0) is 19.0 Å². The zero-order chi connectivity index (χ0) is 14.8. The highest BCUT2D eigenvalue weighted by molar-refractivity contribution is 5.97. The van der Waals surface area contributed by atoms with Crippen molar-refractivity contribution < 1.29 is 9.53 Å². The maximum absolute atomic E-state index is 11.4. The van der Waals surface area contributed by atoms with E-state index in [2.05, 4.69) is 22.0 Å². The zero-order valence-corrected chi connectivity index (χ0v) is 12.4. The van der Waals surface area contributed by atoms with Crippen LogP contribution < -0.4 is 20.7 Å². The van der Waals surface area contributed by atoms with Crippen molar-refractivity contribution in [1.82, 2.24) is 4.90 Å². The first-order valence-corrected chi connectivity index (χ1v) is 7.51. The highest BCUT2D eigenvalue weighted by atomic mass is 16.5. The topological polar surface area (TPSA) is 70.8 Å². The van der Waals surface area contributed by atoms with E-state index in [1.165, 1.54) is 6.42 Å². The van der Waals surface area contributed by atoms with E-state index in [4.69, 9.17) is 10.5 Å². The second kappa shape index (κ2) is 5.81. The normalized spacial score (nSPS) is 18.9. The summed E-state index contributed by atoms with van der Waals surface area (Å²) in [7, 11) is 0. The van der Waals surface area contributed by atoms with Crippen molar-refractivity contribution in [2.45, 2.75) is 13.3 Å². The molecule has 2 aliphatic rings. The first-order valence-electron chi connectivity index (χ1n) is 7.51. The fourth-order valence-corrected chi connectivity index (χ4v) is 2.93. The fraction of sp³-hybridized carbons (Fsp3) is 0.533. The number of piperazine rings is 1. The van der Waals surface area contributed by atoms with Crippen molar-refractivity contribution in [3.8, 4) is 5.75 Å². The number of carbonyl (C=O) groups is 1. The third-order valence-electron chi connectivity index (χ3n) is 4.01. The summed E-state index contributed by atoms with van der Waals surface area (Å²) in [6.07, 6.45) is 1.18. The second-order valence-corrected chi connectivity index (χ2v) is 5.57. The number of rotatable bonds is 3. The van der Waals surface area contributed by atoms with Gasteiger partial charge in [-0.15, -0.1) is 0 Å². The molecule has 1 fully saturated rings. The SMILES string of the molecule is CCCN1CCN(c2cc3c(cc2N)OCC(=O)N3)CC1. The smallest absolute Gasteiger partial charge is 0.262 e. The van der Waals surface area contributed by atoms with Crippen LogP contribution in [0.4, 0.5) is 17.1 Å². The minimum atomic E-state index is -0.119. The molecule has 1 aromatic rings. The Morgan fingerprint density at radius 2 is 2.05 bits per heavy atom. The standard InChI is InChI=1S/C15H22N4O2/c1-2-3-18-4-6-19(7-5-18)13-9-12-14(8-11(13)16)21-10-15(20)17-12/h8-9H,2-7,10,16H2,1H3,(H,17,20). The van der Waals surface area contributed by atoms with E-state index in [1.807, 2.05) is 12.1 Å². The Morgan fingerprint density at radius 3 is 2.76 bits per heavy atom. The molecule has 21 heavy (non-hydrogen) atoms. The van der Waals surface area contributed by atoms with Crippen LogP contribution >= 0.6 is 0 Å². The van der Waals surface area contributed by atoms with Gasteiger partial charge in [0.05, 0.1) is 17.1 Å². The highest BCUT2D eigenvalue weighted by Gasteiger charge is 2.22. The van der Waals surface area contributed by atoms with Gasteiger partial charge in [0.2, 0.25) is 0 Å². The monoisotopic (exact) mass is 290 g/mol. The lowest BCUT2D eigenvalue weighted by molar-refractivity contribution is -0.118. The van der Waals surface area contributed by atoms with Crippen LogP contribution in [-0.4, -0.2) is 50.1 Å². The summed E-state index contributed by atoms with van der Waals surface area (Å²) in [5.74, 6) is 0.534. The van der Waals surface area contributed by atoms with Gasteiger partial charge in [-0.2, -0.15) is 0 Å². The van der Waals surface area contributed by atoms with E-state index in [-0.39, 0.29) is 12.5 Å². The number of nitrogen functional groups attached to an aromatic ring is 1. The van der Waals surface area contributed by atoms with Crippen molar-refractivity contribution in [2.75, 3.05) is 55.3 Å². The molecule has 1 amide bonds. The summed E-state index contributed by atoms with van der Waals surface area (Å²) < 4.78 is 5.39. The fourth-order valence-electron chi connectivity index (χ4n) is 2.93. The zero-order valence-electron chi connectivity index (χ0n) is 12.4. The van der Waals surface area contributed by atoms with Gasteiger partial charge in [0.15, 0.2) is 6.61 Å². The molecule has 0 aromatic heterocycles. The van der Waals surface area contributed by atoms with Crippen molar-refractivity contribution in [3.05, 3.63) is 12.1 Å². The van der Waals surface area contributed by atoms with Gasteiger partial charge in [-0.3, -0.25) is 9.69 Å². The molecule has 3 rings (SSSR count). The Kier molecular flexibility index (Phi) is 3.88.